The quantitative estimate of drug-likeness (QED) is 0.269. The monoisotopic (exact) mass is 445 g/mol. The first-order valence-electron chi connectivity index (χ1n) is 8.81. The molecule has 146 valence electrons. The fourth-order valence-electron chi connectivity index (χ4n) is 2.60. The van der Waals surface area contributed by atoms with Gasteiger partial charge in [-0.05, 0) is 24.6 Å². The summed E-state index contributed by atoms with van der Waals surface area (Å²) in [6, 6.07) is 17.1. The van der Waals surface area contributed by atoms with E-state index < -0.39 is 0 Å². The predicted octanol–water partition coefficient (Wildman–Crippen LogP) is 2.36. The second-order valence-corrected chi connectivity index (χ2v) is 6.51. The number of halogens is 1. The van der Waals surface area contributed by atoms with E-state index in [1.165, 1.54) is 5.56 Å². The van der Waals surface area contributed by atoms with Crippen molar-refractivity contribution in [3.8, 4) is 17.1 Å². The summed E-state index contributed by atoms with van der Waals surface area (Å²) in [5.74, 6) is 1.56. The van der Waals surface area contributed by atoms with E-state index >= 15 is 0 Å². The molecule has 7 heteroatoms. The Balaban J connectivity index is 0.000000450. The van der Waals surface area contributed by atoms with Crippen LogP contribution in [-0.4, -0.2) is 28.0 Å². The van der Waals surface area contributed by atoms with Gasteiger partial charge >= 0.3 is 18.9 Å². The van der Waals surface area contributed by atoms with E-state index in [-0.39, 0.29) is 18.9 Å². The first-order chi connectivity index (χ1) is 13.6. The molecule has 0 N–H and O–H groups in total. The van der Waals surface area contributed by atoms with Crippen molar-refractivity contribution in [2.24, 2.45) is 0 Å². The first-order valence-corrected chi connectivity index (χ1v) is 9.93. The summed E-state index contributed by atoms with van der Waals surface area (Å²) in [7, 11) is 0. The van der Waals surface area contributed by atoms with E-state index in [0.717, 1.165) is 28.4 Å². The predicted molar refractivity (Wildman–Crippen MR) is 114 cm³/mol. The molecule has 0 saturated heterocycles. The number of aryl methyl sites for hydroxylation is 1. The van der Waals surface area contributed by atoms with Crippen LogP contribution in [0.1, 0.15) is 11.3 Å². The van der Waals surface area contributed by atoms with Crippen LogP contribution in [0.4, 0.5) is 0 Å². The number of alkyl halides is 1. The van der Waals surface area contributed by atoms with Gasteiger partial charge in [0.05, 0.1) is 11.0 Å². The molecule has 0 unspecified atom stereocenters. The fraction of sp³-hybridized carbons (Fsp3) is 0.182. The van der Waals surface area contributed by atoms with Crippen molar-refractivity contribution in [3.63, 3.8) is 0 Å². The number of benzene rings is 1. The van der Waals surface area contributed by atoms with Gasteiger partial charge in [0.1, 0.15) is 5.76 Å². The molecule has 5 nitrogen and oxygen atoms in total. The Morgan fingerprint density at radius 2 is 2.00 bits per heavy atom. The van der Waals surface area contributed by atoms with Gasteiger partial charge in [-0.3, -0.25) is 4.68 Å². The molecular formula is C22H21BrLiN3O2-2. The van der Waals surface area contributed by atoms with Gasteiger partial charge in [0.25, 0.3) is 0 Å². The van der Waals surface area contributed by atoms with Gasteiger partial charge in [0.15, 0.2) is 0 Å². The summed E-state index contributed by atoms with van der Waals surface area (Å²) in [6.45, 7) is 9.96. The summed E-state index contributed by atoms with van der Waals surface area (Å²) >= 11 is 3.38. The molecule has 4 rings (SSSR count). The van der Waals surface area contributed by atoms with Crippen molar-refractivity contribution >= 4 is 27.0 Å². The summed E-state index contributed by atoms with van der Waals surface area (Å²) in [4.78, 5) is 4.59. The van der Waals surface area contributed by atoms with Crippen LogP contribution < -0.4 is 18.9 Å². The van der Waals surface area contributed by atoms with Crippen LogP contribution in [-0.2, 0) is 10.1 Å². The number of ether oxygens (including phenoxy) is 1. The average Bonchev–Trinajstić information content (AvgIpc) is 3.35. The number of hydrogen-bond donors (Lipinski definition) is 0. The first kappa shape index (κ1) is 23.4. The van der Waals surface area contributed by atoms with Gasteiger partial charge < -0.3 is 28.0 Å². The Morgan fingerprint density at radius 3 is 2.66 bits per heavy atom. The zero-order chi connectivity index (χ0) is 19.9. The summed E-state index contributed by atoms with van der Waals surface area (Å²) in [5.41, 5.74) is 4.67. The van der Waals surface area contributed by atoms with Gasteiger partial charge in [-0.15, -0.1) is 12.1 Å². The number of hydrogen-bond acceptors (Lipinski definition) is 4. The van der Waals surface area contributed by atoms with Crippen LogP contribution in [0.15, 0.2) is 53.1 Å². The maximum atomic E-state index is 5.60. The molecular weight excluding hydrogens is 425 g/mol. The zero-order valence-corrected chi connectivity index (χ0v) is 18.3. The van der Waals surface area contributed by atoms with Gasteiger partial charge in [-0.2, -0.15) is 5.10 Å². The maximum Gasteiger partial charge on any atom is 1.00 e. The van der Waals surface area contributed by atoms with Crippen molar-refractivity contribution in [2.45, 2.75) is 12.3 Å². The molecule has 0 bridgehead atoms. The number of rotatable bonds is 5. The van der Waals surface area contributed by atoms with Crippen molar-refractivity contribution in [3.05, 3.63) is 79.9 Å². The minimum Gasteiger partial charge on any atom is -0.486 e. The topological polar surface area (TPSA) is 53.1 Å². The fourth-order valence-corrected chi connectivity index (χ4v) is 2.87. The number of pyridine rings is 1. The van der Waals surface area contributed by atoms with E-state index in [2.05, 4.69) is 75.8 Å². The molecule has 0 amide bonds. The molecule has 0 atom stereocenters. The van der Waals surface area contributed by atoms with E-state index in [9.17, 15) is 0 Å². The standard InChI is InChI=1S/C18H13BrN3O.C4H8O.Li/c1-12-3-2-4-13(9-12)15-7-8-22(21-15)18-6-5-17-16(20-18)10-14(11-19)23-17;1-3-5-4-2;/h2-4,6-10H,11H2,1H3;1-4H2;/q-1;-2;+1. The molecule has 0 spiro atoms. The zero-order valence-electron chi connectivity index (χ0n) is 16.7. The maximum absolute atomic E-state index is 5.60. The van der Waals surface area contributed by atoms with Gasteiger partial charge in [0.2, 0.25) is 0 Å². The van der Waals surface area contributed by atoms with Crippen molar-refractivity contribution in [1.82, 2.24) is 14.8 Å². The van der Waals surface area contributed by atoms with Crippen LogP contribution in [0, 0.1) is 26.8 Å². The molecule has 1 aromatic carbocycles. The van der Waals surface area contributed by atoms with E-state index in [1.54, 1.807) is 10.7 Å². The van der Waals surface area contributed by atoms with Crippen LogP contribution in [0.5, 0.6) is 0 Å². The third-order valence-corrected chi connectivity index (χ3v) is 4.44. The third-order valence-electron chi connectivity index (χ3n) is 3.89. The Bertz CT molecular complexity index is 1040. The Kier molecular flexibility index (Phi) is 9.19. The number of nitrogens with zero attached hydrogens (tertiary/aromatic N) is 3. The van der Waals surface area contributed by atoms with Crippen LogP contribution in [0.3, 0.4) is 0 Å². The molecule has 0 aliphatic heterocycles. The molecule has 3 heterocycles. The van der Waals surface area contributed by atoms with Crippen molar-refractivity contribution in [2.75, 3.05) is 13.2 Å². The van der Waals surface area contributed by atoms with Gasteiger partial charge in [-0.25, -0.2) is 0 Å². The Morgan fingerprint density at radius 1 is 1.21 bits per heavy atom. The van der Waals surface area contributed by atoms with Gasteiger partial charge in [-0.1, -0.05) is 59.0 Å². The number of aromatic nitrogens is 3. The minimum absolute atomic E-state index is 0. The number of fused-ring (bicyclic) bond motifs is 1. The van der Waals surface area contributed by atoms with E-state index in [1.807, 2.05) is 24.4 Å². The van der Waals surface area contributed by atoms with Crippen molar-refractivity contribution in [1.29, 1.82) is 0 Å². The van der Waals surface area contributed by atoms with Crippen molar-refractivity contribution < 1.29 is 28.0 Å². The Labute approximate surface area is 191 Å². The van der Waals surface area contributed by atoms with Crippen LogP contribution >= 0.6 is 15.9 Å². The van der Waals surface area contributed by atoms with Crippen LogP contribution in [0.25, 0.3) is 28.2 Å². The average molecular weight is 446 g/mol. The van der Waals surface area contributed by atoms with Crippen LogP contribution in [0.2, 0.25) is 0 Å². The summed E-state index contributed by atoms with van der Waals surface area (Å²) < 4.78 is 12.0. The normalized spacial score (nSPS) is 10.3. The molecule has 29 heavy (non-hydrogen) atoms. The molecule has 0 fully saturated rings. The molecule has 4 aromatic rings. The molecule has 3 aromatic heterocycles. The molecule has 0 aliphatic rings. The molecule has 0 radical (unpaired) electrons. The second kappa shape index (κ2) is 11.4. The van der Waals surface area contributed by atoms with E-state index in [4.69, 9.17) is 4.42 Å². The van der Waals surface area contributed by atoms with Gasteiger partial charge in [0, 0.05) is 23.2 Å². The summed E-state index contributed by atoms with van der Waals surface area (Å²) in [5, 5.41) is 5.28. The number of furan rings is 1. The Hall–Kier alpha value is -1.84. The minimum atomic E-state index is 0. The smallest absolute Gasteiger partial charge is 0.486 e. The largest absolute Gasteiger partial charge is 1.00 e. The second-order valence-electron chi connectivity index (χ2n) is 5.95. The SMILES string of the molecule is Cc1cccc(-c2ccn(-c3c[c-]c4oc(CBr)cc4n3)n2)c1.[CH2-]COC[CH2-].[Li+]. The van der Waals surface area contributed by atoms with E-state index in [0.29, 0.717) is 24.1 Å². The molecule has 0 aliphatic carbocycles. The molecule has 0 saturated carbocycles. The third kappa shape index (κ3) is 6.07. The summed E-state index contributed by atoms with van der Waals surface area (Å²) in [6.07, 6.45) is 1.91.